The summed E-state index contributed by atoms with van der Waals surface area (Å²) < 4.78 is 27.4. The van der Waals surface area contributed by atoms with Gasteiger partial charge in [-0.1, -0.05) is 11.6 Å². The third-order valence-corrected chi connectivity index (χ3v) is 5.31. The minimum Gasteiger partial charge on any atom is -0.265 e. The number of aromatic nitrogens is 1. The first-order valence-corrected chi connectivity index (χ1v) is 8.81. The van der Waals surface area contributed by atoms with Crippen molar-refractivity contribution in [3.63, 3.8) is 0 Å². The van der Waals surface area contributed by atoms with Crippen molar-refractivity contribution in [2.45, 2.75) is 38.6 Å². The third kappa shape index (κ3) is 3.22. The summed E-state index contributed by atoms with van der Waals surface area (Å²) >= 11 is 0. The maximum absolute atomic E-state index is 12.3. The fourth-order valence-electron chi connectivity index (χ4n) is 2.77. The second kappa shape index (κ2) is 6.07. The van der Waals surface area contributed by atoms with Gasteiger partial charge in [0.15, 0.2) is 5.04 Å². The first-order chi connectivity index (χ1) is 10.2. The van der Waals surface area contributed by atoms with E-state index in [1.54, 1.807) is 18.3 Å². The highest BCUT2D eigenvalue weighted by Gasteiger charge is 2.27. The highest BCUT2D eigenvalue weighted by molar-refractivity contribution is 8.05. The number of sulfonamides is 1. The van der Waals surface area contributed by atoms with Gasteiger partial charge in [-0.3, -0.25) is 9.98 Å². The third-order valence-electron chi connectivity index (χ3n) is 3.87. The molecule has 1 aromatic rings. The molecule has 1 N–H and O–H groups in total. The topological polar surface area (TPSA) is 71.4 Å². The van der Waals surface area contributed by atoms with E-state index in [0.717, 1.165) is 25.0 Å². The van der Waals surface area contributed by atoms with E-state index >= 15 is 0 Å². The Morgan fingerprint density at radius 1 is 1.29 bits per heavy atom. The van der Waals surface area contributed by atoms with Gasteiger partial charge in [-0.2, -0.15) is 0 Å². The van der Waals surface area contributed by atoms with Gasteiger partial charge in [-0.15, -0.1) is 0 Å². The highest BCUT2D eigenvalue weighted by atomic mass is 32.2. The van der Waals surface area contributed by atoms with Gasteiger partial charge in [0.25, 0.3) is 10.0 Å². The number of pyridine rings is 1. The van der Waals surface area contributed by atoms with E-state index in [-0.39, 0.29) is 5.04 Å². The van der Waals surface area contributed by atoms with Crippen LogP contribution in [0.25, 0.3) is 0 Å². The summed E-state index contributed by atoms with van der Waals surface area (Å²) in [5, 5.41) is 0.128. The average Bonchev–Trinajstić information content (AvgIpc) is 2.93. The van der Waals surface area contributed by atoms with Gasteiger partial charge < -0.3 is 0 Å². The van der Waals surface area contributed by atoms with Crippen molar-refractivity contribution < 1.29 is 8.42 Å². The predicted octanol–water partition coefficient (Wildman–Crippen LogP) is 2.15. The predicted molar refractivity (Wildman–Crippen MR) is 82.6 cm³/mol. The van der Waals surface area contributed by atoms with Gasteiger partial charge in [0.05, 0.1) is 12.2 Å². The van der Waals surface area contributed by atoms with Crippen LogP contribution in [-0.2, 0) is 16.6 Å². The molecule has 0 atom stereocenters. The number of nitrogens with zero attached hydrogens (tertiary/aromatic N) is 2. The molecule has 0 bridgehead atoms. The van der Waals surface area contributed by atoms with Crippen LogP contribution in [0.4, 0.5) is 0 Å². The molecule has 0 unspecified atom stereocenters. The molecule has 0 radical (unpaired) electrons. The molecule has 0 amide bonds. The second-order valence-electron chi connectivity index (χ2n) is 5.37. The average molecular weight is 305 g/mol. The molecule has 2 aliphatic rings. The second-order valence-corrected chi connectivity index (χ2v) is 7.06. The van der Waals surface area contributed by atoms with E-state index in [1.165, 1.54) is 18.4 Å². The Balaban J connectivity index is 1.64. The van der Waals surface area contributed by atoms with Gasteiger partial charge in [-0.25, -0.2) is 13.1 Å². The maximum atomic E-state index is 12.3. The zero-order chi connectivity index (χ0) is 14.7. The number of hydrogen-bond donors (Lipinski definition) is 1. The lowest BCUT2D eigenvalue weighted by Crippen LogP contribution is -2.31. The molecule has 0 saturated heterocycles. The van der Waals surface area contributed by atoms with Crippen LogP contribution in [0.2, 0.25) is 0 Å². The molecule has 1 aliphatic carbocycles. The molecular formula is C15H19N3O2S. The Kier molecular flexibility index (Phi) is 4.17. The standard InChI is InChI=1S/C15H19N3O2S/c19-21(20,18-10-8-12-5-2-1-3-6-12)15-13-7-4-9-16-14(13)11-17-15/h4-5,7,9,18H,1-3,6,8,10-11H2. The fraction of sp³-hybridized carbons (Fsp3) is 0.467. The molecule has 0 fully saturated rings. The highest BCUT2D eigenvalue weighted by Crippen LogP contribution is 2.21. The van der Waals surface area contributed by atoms with E-state index in [4.69, 9.17) is 0 Å². The lowest BCUT2D eigenvalue weighted by molar-refractivity contribution is 0.591. The van der Waals surface area contributed by atoms with Gasteiger partial charge >= 0.3 is 0 Å². The van der Waals surface area contributed by atoms with Crippen LogP contribution >= 0.6 is 0 Å². The van der Waals surface area contributed by atoms with E-state index in [2.05, 4.69) is 20.8 Å². The van der Waals surface area contributed by atoms with E-state index in [1.807, 2.05) is 0 Å². The normalized spacial score (nSPS) is 18.1. The molecule has 1 aliphatic heterocycles. The van der Waals surface area contributed by atoms with Crippen LogP contribution in [0, 0.1) is 0 Å². The van der Waals surface area contributed by atoms with Crippen LogP contribution in [0.1, 0.15) is 43.4 Å². The Morgan fingerprint density at radius 2 is 2.19 bits per heavy atom. The molecule has 112 valence electrons. The van der Waals surface area contributed by atoms with Crippen LogP contribution in [0.3, 0.4) is 0 Å². The fourth-order valence-corrected chi connectivity index (χ4v) is 3.98. The molecule has 21 heavy (non-hydrogen) atoms. The molecule has 0 spiro atoms. The van der Waals surface area contributed by atoms with E-state index in [9.17, 15) is 8.42 Å². The monoisotopic (exact) mass is 305 g/mol. The summed E-state index contributed by atoms with van der Waals surface area (Å²) in [7, 11) is -3.54. The molecule has 6 heteroatoms. The van der Waals surface area contributed by atoms with Gasteiger partial charge in [-0.05, 0) is 44.2 Å². The molecule has 5 nitrogen and oxygen atoms in total. The van der Waals surface area contributed by atoms with Gasteiger partial charge in [0.2, 0.25) is 0 Å². The summed E-state index contributed by atoms with van der Waals surface area (Å²) in [6.45, 7) is 0.778. The zero-order valence-corrected chi connectivity index (χ0v) is 12.7. The number of fused-ring (bicyclic) bond motifs is 1. The molecule has 0 saturated carbocycles. The van der Waals surface area contributed by atoms with E-state index < -0.39 is 10.0 Å². The smallest absolute Gasteiger partial charge is 0.258 e. The Morgan fingerprint density at radius 3 is 3.00 bits per heavy atom. The summed E-state index contributed by atoms with van der Waals surface area (Å²) in [5.74, 6) is 0. The summed E-state index contributed by atoms with van der Waals surface area (Å²) in [5.41, 5.74) is 2.72. The lowest BCUT2D eigenvalue weighted by Gasteiger charge is -2.13. The minimum atomic E-state index is -3.54. The van der Waals surface area contributed by atoms with Crippen molar-refractivity contribution >= 4 is 15.1 Å². The zero-order valence-electron chi connectivity index (χ0n) is 11.9. The molecule has 0 aromatic carbocycles. The number of nitrogens with one attached hydrogen (secondary N) is 1. The number of rotatable bonds is 4. The van der Waals surface area contributed by atoms with Gasteiger partial charge in [0.1, 0.15) is 0 Å². The maximum Gasteiger partial charge on any atom is 0.258 e. The molecule has 3 rings (SSSR count). The van der Waals surface area contributed by atoms with Crippen molar-refractivity contribution in [3.8, 4) is 0 Å². The Bertz CT molecular complexity index is 693. The Hall–Kier alpha value is -1.53. The number of allylic oxidation sites excluding steroid dienone is 1. The largest absolute Gasteiger partial charge is 0.265 e. The SMILES string of the molecule is O=S(=O)(NCCC1=CCCCC1)C1=NCc2ncccc21. The quantitative estimate of drug-likeness (QED) is 0.866. The minimum absolute atomic E-state index is 0.128. The Labute approximate surface area is 125 Å². The van der Waals surface area contributed by atoms with Crippen molar-refractivity contribution in [2.24, 2.45) is 4.99 Å². The summed E-state index contributed by atoms with van der Waals surface area (Å²) in [6.07, 6.45) is 9.35. The summed E-state index contributed by atoms with van der Waals surface area (Å²) in [4.78, 5) is 8.29. The molecule has 2 heterocycles. The first-order valence-electron chi connectivity index (χ1n) is 7.33. The van der Waals surface area contributed by atoms with Crippen LogP contribution < -0.4 is 4.72 Å². The van der Waals surface area contributed by atoms with Crippen LogP contribution in [0.15, 0.2) is 35.0 Å². The summed E-state index contributed by atoms with van der Waals surface area (Å²) in [6, 6.07) is 3.50. The molecular weight excluding hydrogens is 286 g/mol. The lowest BCUT2D eigenvalue weighted by atomic mass is 9.97. The van der Waals surface area contributed by atoms with E-state index in [0.29, 0.717) is 18.7 Å². The number of aliphatic imine (C=N–C) groups is 1. The van der Waals surface area contributed by atoms with Gasteiger partial charge in [0, 0.05) is 18.3 Å². The van der Waals surface area contributed by atoms with Crippen molar-refractivity contribution in [2.75, 3.05) is 6.54 Å². The van der Waals surface area contributed by atoms with Crippen LogP contribution in [0.5, 0.6) is 0 Å². The van der Waals surface area contributed by atoms with Crippen molar-refractivity contribution in [1.82, 2.24) is 9.71 Å². The van der Waals surface area contributed by atoms with Crippen LogP contribution in [-0.4, -0.2) is 25.0 Å². The first kappa shape index (κ1) is 14.4. The van der Waals surface area contributed by atoms with Crippen molar-refractivity contribution in [3.05, 3.63) is 41.2 Å². The number of hydrogen-bond acceptors (Lipinski definition) is 4. The molecule has 1 aromatic heterocycles. The van der Waals surface area contributed by atoms with Crippen molar-refractivity contribution in [1.29, 1.82) is 0 Å².